The Morgan fingerprint density at radius 2 is 2.16 bits per heavy atom. The third-order valence-corrected chi connectivity index (χ3v) is 2.96. The summed E-state index contributed by atoms with van der Waals surface area (Å²) in [6.07, 6.45) is 0. The molecule has 0 N–H and O–H groups in total. The molecule has 0 saturated heterocycles. The minimum absolute atomic E-state index is 0.00900. The van der Waals surface area contributed by atoms with E-state index in [1.54, 1.807) is 13.1 Å². The molecule has 8 heteroatoms. The van der Waals surface area contributed by atoms with Gasteiger partial charge in [0.1, 0.15) is 5.52 Å². The number of fused-ring (bicyclic) bond motifs is 1. The SMILES string of the molecule is COC(=O)c1nc2c(OC(F)F)cc(Br)cc2n1C. The number of imidazole rings is 1. The van der Waals surface area contributed by atoms with E-state index in [4.69, 9.17) is 0 Å². The number of hydrogen-bond acceptors (Lipinski definition) is 4. The van der Waals surface area contributed by atoms with E-state index in [2.05, 4.69) is 30.4 Å². The minimum Gasteiger partial charge on any atom is -0.463 e. The largest absolute Gasteiger partial charge is 0.463 e. The zero-order valence-electron chi connectivity index (χ0n) is 9.99. The molecule has 0 radical (unpaired) electrons. The van der Waals surface area contributed by atoms with Gasteiger partial charge >= 0.3 is 12.6 Å². The van der Waals surface area contributed by atoms with Gasteiger partial charge in [-0.15, -0.1) is 0 Å². The molecule has 0 saturated carbocycles. The molecular weight excluding hydrogens is 326 g/mol. The number of carbonyl (C=O) groups excluding carboxylic acids is 1. The van der Waals surface area contributed by atoms with Gasteiger partial charge in [0.2, 0.25) is 5.82 Å². The van der Waals surface area contributed by atoms with Crippen molar-refractivity contribution in [2.24, 2.45) is 7.05 Å². The van der Waals surface area contributed by atoms with Crippen LogP contribution in [0.3, 0.4) is 0 Å². The summed E-state index contributed by atoms with van der Waals surface area (Å²) in [5.74, 6) is -0.752. The Hall–Kier alpha value is -1.70. The van der Waals surface area contributed by atoms with E-state index in [1.165, 1.54) is 17.7 Å². The maximum Gasteiger partial charge on any atom is 0.387 e. The van der Waals surface area contributed by atoms with Crippen molar-refractivity contribution in [2.45, 2.75) is 6.61 Å². The molecule has 0 spiro atoms. The molecule has 0 fully saturated rings. The molecule has 1 heterocycles. The monoisotopic (exact) mass is 334 g/mol. The van der Waals surface area contributed by atoms with Crippen LogP contribution in [-0.4, -0.2) is 29.2 Å². The molecule has 102 valence electrons. The number of ether oxygens (including phenoxy) is 2. The number of benzene rings is 1. The second-order valence-corrected chi connectivity index (χ2v) is 4.55. The number of rotatable bonds is 3. The summed E-state index contributed by atoms with van der Waals surface area (Å²) in [6.45, 7) is -2.97. The highest BCUT2D eigenvalue weighted by atomic mass is 79.9. The van der Waals surface area contributed by atoms with Crippen LogP contribution in [0.15, 0.2) is 16.6 Å². The standard InChI is InChI=1S/C11H9BrF2N2O3/c1-16-6-3-5(12)4-7(19-11(13)14)8(6)15-9(16)10(17)18-2/h3-4,11H,1-2H3. The lowest BCUT2D eigenvalue weighted by molar-refractivity contribution is -0.0489. The average molecular weight is 335 g/mol. The van der Waals surface area contributed by atoms with Crippen LogP contribution in [0.25, 0.3) is 11.0 Å². The Bertz CT molecular complexity index is 642. The molecule has 1 aromatic heterocycles. The zero-order valence-corrected chi connectivity index (χ0v) is 11.6. The average Bonchev–Trinajstić information content (AvgIpc) is 2.66. The summed E-state index contributed by atoms with van der Waals surface area (Å²) in [7, 11) is 2.80. The highest BCUT2D eigenvalue weighted by Gasteiger charge is 2.20. The van der Waals surface area contributed by atoms with Gasteiger partial charge in [0.25, 0.3) is 0 Å². The van der Waals surface area contributed by atoms with Gasteiger partial charge in [0.15, 0.2) is 5.75 Å². The fraction of sp³-hybridized carbons (Fsp3) is 0.273. The summed E-state index contributed by atoms with van der Waals surface area (Å²) in [6, 6.07) is 3.01. The summed E-state index contributed by atoms with van der Waals surface area (Å²) in [4.78, 5) is 15.5. The van der Waals surface area contributed by atoms with Gasteiger partial charge in [-0.05, 0) is 12.1 Å². The first-order chi connectivity index (χ1) is 8.93. The number of aryl methyl sites for hydroxylation is 1. The lowest BCUT2D eigenvalue weighted by atomic mass is 10.3. The van der Waals surface area contributed by atoms with Crippen molar-refractivity contribution in [2.75, 3.05) is 7.11 Å². The van der Waals surface area contributed by atoms with Crippen molar-refractivity contribution >= 4 is 32.9 Å². The Balaban J connectivity index is 2.67. The third kappa shape index (κ3) is 2.53. The van der Waals surface area contributed by atoms with E-state index in [9.17, 15) is 13.6 Å². The molecule has 0 aliphatic rings. The zero-order chi connectivity index (χ0) is 14.2. The highest BCUT2D eigenvalue weighted by Crippen LogP contribution is 2.31. The van der Waals surface area contributed by atoms with Crippen molar-refractivity contribution in [1.29, 1.82) is 0 Å². The highest BCUT2D eigenvalue weighted by molar-refractivity contribution is 9.10. The molecule has 0 bridgehead atoms. The number of methoxy groups -OCH3 is 1. The summed E-state index contributed by atoms with van der Waals surface area (Å²) in [5, 5.41) is 0. The van der Waals surface area contributed by atoms with Gasteiger partial charge in [-0.3, -0.25) is 0 Å². The van der Waals surface area contributed by atoms with Crippen LogP contribution < -0.4 is 4.74 Å². The summed E-state index contributed by atoms with van der Waals surface area (Å²) >= 11 is 3.19. The fourth-order valence-electron chi connectivity index (χ4n) is 1.68. The van der Waals surface area contributed by atoms with Crippen LogP contribution in [0.2, 0.25) is 0 Å². The molecule has 19 heavy (non-hydrogen) atoms. The molecule has 0 aliphatic heterocycles. The van der Waals surface area contributed by atoms with Gasteiger partial charge in [-0.25, -0.2) is 9.78 Å². The Morgan fingerprint density at radius 3 is 2.74 bits per heavy atom. The first-order valence-corrected chi connectivity index (χ1v) is 5.92. The van der Waals surface area contributed by atoms with Gasteiger partial charge in [0, 0.05) is 11.5 Å². The van der Waals surface area contributed by atoms with Crippen molar-refractivity contribution < 1.29 is 23.0 Å². The quantitative estimate of drug-likeness (QED) is 0.810. The van der Waals surface area contributed by atoms with E-state index in [0.717, 1.165) is 0 Å². The third-order valence-electron chi connectivity index (χ3n) is 2.50. The number of carbonyl (C=O) groups is 1. The number of halogens is 3. The normalized spacial score (nSPS) is 11.1. The predicted octanol–water partition coefficient (Wildman–Crippen LogP) is 2.72. The maximum atomic E-state index is 12.3. The number of aromatic nitrogens is 2. The van der Waals surface area contributed by atoms with Gasteiger partial charge in [0.05, 0.1) is 12.6 Å². The molecule has 2 rings (SSSR count). The lowest BCUT2D eigenvalue weighted by Crippen LogP contribution is -2.08. The maximum absolute atomic E-state index is 12.3. The number of hydrogen-bond donors (Lipinski definition) is 0. The van der Waals surface area contributed by atoms with E-state index in [-0.39, 0.29) is 17.1 Å². The van der Waals surface area contributed by atoms with Crippen LogP contribution >= 0.6 is 15.9 Å². The van der Waals surface area contributed by atoms with Crippen molar-refractivity contribution in [3.8, 4) is 5.75 Å². The molecule has 0 atom stereocenters. The Labute approximate surface area is 115 Å². The van der Waals surface area contributed by atoms with E-state index >= 15 is 0 Å². The van der Waals surface area contributed by atoms with Crippen LogP contribution in [-0.2, 0) is 11.8 Å². The molecule has 0 amide bonds. The lowest BCUT2D eigenvalue weighted by Gasteiger charge is -2.06. The molecule has 0 aliphatic carbocycles. The predicted molar refractivity (Wildman–Crippen MR) is 66.4 cm³/mol. The molecule has 0 unspecified atom stereocenters. The first-order valence-electron chi connectivity index (χ1n) is 5.13. The molecule has 1 aromatic carbocycles. The van der Waals surface area contributed by atoms with Gasteiger partial charge < -0.3 is 14.0 Å². The molecular formula is C11H9BrF2N2O3. The smallest absolute Gasteiger partial charge is 0.387 e. The fourth-order valence-corrected chi connectivity index (χ4v) is 2.11. The summed E-state index contributed by atoms with van der Waals surface area (Å²) < 4.78 is 35.7. The molecule has 2 aromatic rings. The van der Waals surface area contributed by atoms with Crippen molar-refractivity contribution in [1.82, 2.24) is 9.55 Å². The van der Waals surface area contributed by atoms with Gasteiger partial charge in [-0.1, -0.05) is 15.9 Å². The summed E-state index contributed by atoms with van der Waals surface area (Å²) in [5.41, 5.74) is 0.650. The number of nitrogens with zero attached hydrogens (tertiary/aromatic N) is 2. The second kappa shape index (κ2) is 5.12. The Morgan fingerprint density at radius 1 is 1.47 bits per heavy atom. The van der Waals surface area contributed by atoms with Crippen LogP contribution in [0.1, 0.15) is 10.6 Å². The van der Waals surface area contributed by atoms with Crippen LogP contribution in [0, 0.1) is 0 Å². The van der Waals surface area contributed by atoms with Crippen molar-refractivity contribution in [3.63, 3.8) is 0 Å². The van der Waals surface area contributed by atoms with Gasteiger partial charge in [-0.2, -0.15) is 8.78 Å². The Kier molecular flexibility index (Phi) is 3.70. The minimum atomic E-state index is -2.97. The van der Waals surface area contributed by atoms with E-state index < -0.39 is 12.6 Å². The van der Waals surface area contributed by atoms with Crippen molar-refractivity contribution in [3.05, 3.63) is 22.4 Å². The topological polar surface area (TPSA) is 53.4 Å². The van der Waals surface area contributed by atoms with E-state index in [1.807, 2.05) is 0 Å². The van der Waals surface area contributed by atoms with Crippen LogP contribution in [0.5, 0.6) is 5.75 Å². The molecule has 5 nitrogen and oxygen atoms in total. The first kappa shape index (κ1) is 13.7. The van der Waals surface area contributed by atoms with Crippen LogP contribution in [0.4, 0.5) is 8.78 Å². The number of alkyl halides is 2. The number of esters is 1. The van der Waals surface area contributed by atoms with E-state index in [0.29, 0.717) is 9.99 Å². The second-order valence-electron chi connectivity index (χ2n) is 3.64.